The standard InChI is InChI=1S/C16H13NO2S/c18-16(19)15-9-8-12(20-15)10-17-14-7-3-5-11-4-1-2-6-13(11)14/h1-9,17H,10H2,(H,18,19). The number of benzene rings is 2. The minimum atomic E-state index is -0.869. The summed E-state index contributed by atoms with van der Waals surface area (Å²) in [7, 11) is 0. The zero-order valence-corrected chi connectivity index (χ0v) is 11.5. The third-order valence-electron chi connectivity index (χ3n) is 3.12. The van der Waals surface area contributed by atoms with E-state index in [1.54, 1.807) is 6.07 Å². The van der Waals surface area contributed by atoms with E-state index in [9.17, 15) is 4.79 Å². The lowest BCUT2D eigenvalue weighted by Crippen LogP contribution is -1.97. The van der Waals surface area contributed by atoms with Crippen LogP contribution < -0.4 is 5.32 Å². The van der Waals surface area contributed by atoms with Gasteiger partial charge in [0.2, 0.25) is 0 Å². The SMILES string of the molecule is O=C(O)c1ccc(CNc2cccc3ccccc23)s1. The first-order valence-electron chi connectivity index (χ1n) is 6.28. The van der Waals surface area contributed by atoms with Crippen molar-refractivity contribution in [2.75, 3.05) is 5.32 Å². The van der Waals surface area contributed by atoms with Crippen molar-refractivity contribution in [1.82, 2.24) is 0 Å². The molecule has 2 aromatic carbocycles. The molecular formula is C16H13NO2S. The summed E-state index contributed by atoms with van der Waals surface area (Å²) in [4.78, 5) is 12.2. The van der Waals surface area contributed by atoms with Crippen LogP contribution in [0.2, 0.25) is 0 Å². The molecule has 0 saturated carbocycles. The summed E-state index contributed by atoms with van der Waals surface area (Å²) in [5.74, 6) is -0.869. The largest absolute Gasteiger partial charge is 0.477 e. The van der Waals surface area contributed by atoms with Crippen molar-refractivity contribution in [2.24, 2.45) is 0 Å². The monoisotopic (exact) mass is 283 g/mol. The molecule has 20 heavy (non-hydrogen) atoms. The number of anilines is 1. The zero-order chi connectivity index (χ0) is 13.9. The fourth-order valence-corrected chi connectivity index (χ4v) is 2.94. The van der Waals surface area contributed by atoms with Gasteiger partial charge in [-0.3, -0.25) is 0 Å². The number of hydrogen-bond donors (Lipinski definition) is 2. The van der Waals surface area contributed by atoms with E-state index >= 15 is 0 Å². The minimum Gasteiger partial charge on any atom is -0.477 e. The summed E-state index contributed by atoms with van der Waals surface area (Å²) < 4.78 is 0. The van der Waals surface area contributed by atoms with E-state index in [1.165, 1.54) is 22.1 Å². The predicted octanol–water partition coefficient (Wildman–Crippen LogP) is 4.21. The van der Waals surface area contributed by atoms with Crippen molar-refractivity contribution in [3.05, 3.63) is 64.4 Å². The Hall–Kier alpha value is -2.33. The topological polar surface area (TPSA) is 49.3 Å². The van der Waals surface area contributed by atoms with Crippen LogP contribution in [-0.2, 0) is 6.54 Å². The Bertz CT molecular complexity index is 759. The van der Waals surface area contributed by atoms with Gasteiger partial charge >= 0.3 is 5.97 Å². The Kier molecular flexibility index (Phi) is 3.39. The molecule has 0 amide bonds. The summed E-state index contributed by atoms with van der Waals surface area (Å²) in [5, 5.41) is 14.6. The number of carboxylic acid groups (broad SMARTS) is 1. The number of fused-ring (bicyclic) bond motifs is 1. The normalized spacial score (nSPS) is 10.6. The van der Waals surface area contributed by atoms with Gasteiger partial charge in [-0.05, 0) is 23.6 Å². The maximum atomic E-state index is 10.9. The lowest BCUT2D eigenvalue weighted by molar-refractivity contribution is 0.0702. The second kappa shape index (κ2) is 5.35. The van der Waals surface area contributed by atoms with Gasteiger partial charge in [0.1, 0.15) is 4.88 Å². The molecule has 1 heterocycles. The van der Waals surface area contributed by atoms with Crippen LogP contribution in [-0.4, -0.2) is 11.1 Å². The highest BCUT2D eigenvalue weighted by atomic mass is 32.1. The number of rotatable bonds is 4. The van der Waals surface area contributed by atoms with Crippen LogP contribution in [0.1, 0.15) is 14.5 Å². The summed E-state index contributed by atoms with van der Waals surface area (Å²) in [5.41, 5.74) is 1.06. The van der Waals surface area contributed by atoms with E-state index in [-0.39, 0.29) is 0 Å². The van der Waals surface area contributed by atoms with E-state index in [2.05, 4.69) is 23.5 Å². The first-order valence-corrected chi connectivity index (χ1v) is 7.09. The van der Waals surface area contributed by atoms with Crippen LogP contribution in [0.25, 0.3) is 10.8 Å². The lowest BCUT2D eigenvalue weighted by Gasteiger charge is -2.08. The highest BCUT2D eigenvalue weighted by Gasteiger charge is 2.07. The zero-order valence-electron chi connectivity index (χ0n) is 10.7. The van der Waals surface area contributed by atoms with Crippen LogP contribution in [0.5, 0.6) is 0 Å². The average Bonchev–Trinajstić information content (AvgIpc) is 2.94. The smallest absolute Gasteiger partial charge is 0.345 e. The fraction of sp³-hybridized carbons (Fsp3) is 0.0625. The van der Waals surface area contributed by atoms with Crippen LogP contribution in [0.3, 0.4) is 0 Å². The molecule has 0 bridgehead atoms. The van der Waals surface area contributed by atoms with Gasteiger partial charge in [-0.1, -0.05) is 36.4 Å². The molecule has 4 heteroatoms. The van der Waals surface area contributed by atoms with Crippen LogP contribution in [0.4, 0.5) is 5.69 Å². The predicted molar refractivity (Wildman–Crippen MR) is 82.6 cm³/mol. The van der Waals surface area contributed by atoms with Crippen LogP contribution >= 0.6 is 11.3 Å². The van der Waals surface area contributed by atoms with E-state index in [0.717, 1.165) is 10.6 Å². The Morgan fingerprint density at radius 2 is 1.85 bits per heavy atom. The van der Waals surface area contributed by atoms with Crippen molar-refractivity contribution < 1.29 is 9.90 Å². The highest BCUT2D eigenvalue weighted by molar-refractivity contribution is 7.13. The molecule has 3 aromatic rings. The molecule has 0 saturated heterocycles. The molecule has 0 spiro atoms. The quantitative estimate of drug-likeness (QED) is 0.754. The Morgan fingerprint density at radius 3 is 2.65 bits per heavy atom. The number of thiophene rings is 1. The van der Waals surface area contributed by atoms with E-state index in [4.69, 9.17) is 5.11 Å². The molecule has 3 nitrogen and oxygen atoms in total. The molecule has 0 aliphatic carbocycles. The van der Waals surface area contributed by atoms with E-state index in [0.29, 0.717) is 11.4 Å². The van der Waals surface area contributed by atoms with Crippen molar-refractivity contribution in [3.63, 3.8) is 0 Å². The molecule has 0 radical (unpaired) electrons. The number of nitrogens with one attached hydrogen (secondary N) is 1. The van der Waals surface area contributed by atoms with Gasteiger partial charge < -0.3 is 10.4 Å². The van der Waals surface area contributed by atoms with Gasteiger partial charge in [-0.2, -0.15) is 0 Å². The van der Waals surface area contributed by atoms with Gasteiger partial charge in [-0.25, -0.2) is 4.79 Å². The fourth-order valence-electron chi connectivity index (χ4n) is 2.15. The summed E-state index contributed by atoms with van der Waals surface area (Å²) in [6, 6.07) is 17.8. The van der Waals surface area contributed by atoms with Crippen molar-refractivity contribution in [3.8, 4) is 0 Å². The molecule has 0 atom stereocenters. The highest BCUT2D eigenvalue weighted by Crippen LogP contribution is 2.24. The van der Waals surface area contributed by atoms with Gasteiger partial charge in [-0.15, -0.1) is 11.3 Å². The first kappa shape index (κ1) is 12.7. The maximum Gasteiger partial charge on any atom is 0.345 e. The second-order valence-electron chi connectivity index (χ2n) is 4.45. The van der Waals surface area contributed by atoms with Crippen LogP contribution in [0.15, 0.2) is 54.6 Å². The molecule has 1 aromatic heterocycles. The third kappa shape index (κ3) is 2.51. The third-order valence-corrected chi connectivity index (χ3v) is 4.19. The molecule has 0 aliphatic heterocycles. The number of hydrogen-bond acceptors (Lipinski definition) is 3. The Labute approximate surface area is 120 Å². The average molecular weight is 283 g/mol. The number of carboxylic acids is 1. The lowest BCUT2D eigenvalue weighted by atomic mass is 10.1. The van der Waals surface area contributed by atoms with E-state index in [1.807, 2.05) is 30.3 Å². The second-order valence-corrected chi connectivity index (χ2v) is 5.62. The Morgan fingerprint density at radius 1 is 1.05 bits per heavy atom. The first-order chi connectivity index (χ1) is 9.74. The van der Waals surface area contributed by atoms with Crippen molar-refractivity contribution in [2.45, 2.75) is 6.54 Å². The van der Waals surface area contributed by atoms with Gasteiger partial charge in [0, 0.05) is 22.5 Å². The van der Waals surface area contributed by atoms with Crippen LogP contribution in [0, 0.1) is 0 Å². The Balaban J connectivity index is 1.81. The summed E-state index contributed by atoms with van der Waals surface area (Å²) in [6.07, 6.45) is 0. The number of aromatic carboxylic acids is 1. The molecule has 2 N–H and O–H groups in total. The number of carbonyl (C=O) groups is 1. The van der Waals surface area contributed by atoms with Crippen molar-refractivity contribution in [1.29, 1.82) is 0 Å². The molecule has 0 unspecified atom stereocenters. The van der Waals surface area contributed by atoms with Crippen molar-refractivity contribution >= 4 is 33.8 Å². The molecule has 0 fully saturated rings. The van der Waals surface area contributed by atoms with Gasteiger partial charge in [0.15, 0.2) is 0 Å². The minimum absolute atomic E-state index is 0.375. The molecular weight excluding hydrogens is 270 g/mol. The molecule has 3 rings (SSSR count). The van der Waals surface area contributed by atoms with E-state index < -0.39 is 5.97 Å². The van der Waals surface area contributed by atoms with Gasteiger partial charge in [0.05, 0.1) is 0 Å². The summed E-state index contributed by atoms with van der Waals surface area (Å²) >= 11 is 1.30. The molecule has 0 aliphatic rings. The maximum absolute atomic E-state index is 10.9. The molecule has 100 valence electrons. The van der Waals surface area contributed by atoms with Gasteiger partial charge in [0.25, 0.3) is 0 Å². The summed E-state index contributed by atoms with van der Waals surface area (Å²) in [6.45, 7) is 0.631.